The van der Waals surface area contributed by atoms with Crippen LogP contribution in [0.3, 0.4) is 0 Å². The van der Waals surface area contributed by atoms with Crippen molar-refractivity contribution in [1.82, 2.24) is 10.1 Å². The molecule has 166 valence electrons. The number of halogens is 1. The van der Waals surface area contributed by atoms with E-state index in [4.69, 9.17) is 16.1 Å². The van der Waals surface area contributed by atoms with E-state index in [1.54, 1.807) is 30.3 Å². The van der Waals surface area contributed by atoms with Crippen LogP contribution in [0.1, 0.15) is 46.7 Å². The third kappa shape index (κ3) is 4.86. The van der Waals surface area contributed by atoms with Gasteiger partial charge in [0, 0.05) is 41.0 Å². The Hall–Kier alpha value is -3.12. The Morgan fingerprint density at radius 1 is 1.09 bits per heavy atom. The third-order valence-electron chi connectivity index (χ3n) is 5.74. The molecule has 1 aliphatic heterocycles. The number of benzene rings is 2. The summed E-state index contributed by atoms with van der Waals surface area (Å²) in [5, 5.41) is 7.32. The maximum atomic E-state index is 13.1. The summed E-state index contributed by atoms with van der Waals surface area (Å²) in [4.78, 5) is 27.8. The molecule has 7 heteroatoms. The number of nitrogens with zero attached hydrogens (tertiary/aromatic N) is 2. The van der Waals surface area contributed by atoms with Gasteiger partial charge in [-0.05, 0) is 55.0 Å². The summed E-state index contributed by atoms with van der Waals surface area (Å²) >= 11 is 6.03. The molecule has 0 spiro atoms. The molecule has 2 atom stereocenters. The van der Waals surface area contributed by atoms with E-state index in [0.29, 0.717) is 33.9 Å². The highest BCUT2D eigenvalue weighted by Gasteiger charge is 2.26. The molecule has 0 aliphatic carbocycles. The fraction of sp³-hybridized carbons (Fsp3) is 0.320. The molecule has 2 unspecified atom stereocenters. The number of aromatic nitrogens is 1. The van der Waals surface area contributed by atoms with Crippen molar-refractivity contribution in [2.75, 3.05) is 18.4 Å². The lowest BCUT2D eigenvalue weighted by Gasteiger charge is -2.35. The average molecular weight is 452 g/mol. The van der Waals surface area contributed by atoms with E-state index in [2.05, 4.69) is 24.3 Å². The van der Waals surface area contributed by atoms with Crippen LogP contribution in [0.2, 0.25) is 5.02 Å². The zero-order valence-corrected chi connectivity index (χ0v) is 19.1. The van der Waals surface area contributed by atoms with Crippen molar-refractivity contribution >= 4 is 29.1 Å². The molecule has 2 amide bonds. The van der Waals surface area contributed by atoms with Gasteiger partial charge in [-0.3, -0.25) is 9.59 Å². The van der Waals surface area contributed by atoms with Gasteiger partial charge < -0.3 is 14.7 Å². The Morgan fingerprint density at radius 3 is 2.56 bits per heavy atom. The number of piperidine rings is 1. The van der Waals surface area contributed by atoms with Crippen molar-refractivity contribution < 1.29 is 14.1 Å². The van der Waals surface area contributed by atoms with E-state index in [1.165, 1.54) is 0 Å². The van der Waals surface area contributed by atoms with Crippen molar-refractivity contribution in [2.45, 2.75) is 27.2 Å². The van der Waals surface area contributed by atoms with Crippen LogP contribution in [-0.2, 0) is 0 Å². The minimum Gasteiger partial charge on any atom is -0.355 e. The summed E-state index contributed by atoms with van der Waals surface area (Å²) in [6.45, 7) is 7.74. The number of likely N-dealkylation sites (tertiary alicyclic amines) is 1. The molecular formula is C25H26ClN3O3. The first kappa shape index (κ1) is 22.1. The van der Waals surface area contributed by atoms with Crippen LogP contribution in [0.4, 0.5) is 5.69 Å². The normalized spacial score (nSPS) is 18.4. The predicted octanol–water partition coefficient (Wildman–Crippen LogP) is 5.67. The molecule has 1 fully saturated rings. The van der Waals surface area contributed by atoms with Crippen molar-refractivity contribution in [3.8, 4) is 11.3 Å². The topological polar surface area (TPSA) is 75.4 Å². The quantitative estimate of drug-likeness (QED) is 0.554. The molecule has 4 rings (SSSR count). The lowest BCUT2D eigenvalue weighted by Crippen LogP contribution is -2.42. The molecule has 0 bridgehead atoms. The van der Waals surface area contributed by atoms with Crippen LogP contribution in [0.5, 0.6) is 0 Å². The van der Waals surface area contributed by atoms with Crippen molar-refractivity contribution in [3.05, 3.63) is 70.4 Å². The van der Waals surface area contributed by atoms with Gasteiger partial charge in [0.25, 0.3) is 11.8 Å². The van der Waals surface area contributed by atoms with Crippen LogP contribution >= 0.6 is 11.6 Å². The van der Waals surface area contributed by atoms with Crippen LogP contribution in [0, 0.1) is 18.8 Å². The maximum Gasteiger partial charge on any atom is 0.277 e. The van der Waals surface area contributed by atoms with Gasteiger partial charge in [0.2, 0.25) is 0 Å². The van der Waals surface area contributed by atoms with E-state index in [1.807, 2.05) is 30.0 Å². The van der Waals surface area contributed by atoms with E-state index in [-0.39, 0.29) is 11.6 Å². The molecule has 32 heavy (non-hydrogen) atoms. The first-order valence-corrected chi connectivity index (χ1v) is 11.1. The minimum atomic E-state index is -0.407. The van der Waals surface area contributed by atoms with E-state index < -0.39 is 5.91 Å². The van der Waals surface area contributed by atoms with E-state index in [0.717, 1.165) is 30.6 Å². The lowest BCUT2D eigenvalue weighted by atomic mass is 9.91. The molecule has 0 radical (unpaired) electrons. The number of carbonyl (C=O) groups is 2. The van der Waals surface area contributed by atoms with E-state index in [9.17, 15) is 9.59 Å². The summed E-state index contributed by atoms with van der Waals surface area (Å²) < 4.78 is 5.33. The Balaban J connectivity index is 1.51. The SMILES string of the molecule is Cc1ccc(C(=O)N2CC(C)CC(C)C2)cc1NC(=O)c1cc(-c2cccc(Cl)c2)on1. The summed E-state index contributed by atoms with van der Waals surface area (Å²) in [6, 6.07) is 14.1. The molecule has 1 N–H and O–H groups in total. The molecule has 0 saturated carbocycles. The second kappa shape index (κ2) is 9.17. The molecule has 6 nitrogen and oxygen atoms in total. The van der Waals surface area contributed by atoms with Crippen LogP contribution in [0.15, 0.2) is 53.1 Å². The number of amides is 2. The monoisotopic (exact) mass is 451 g/mol. The number of hydrogen-bond acceptors (Lipinski definition) is 4. The molecule has 1 saturated heterocycles. The summed E-state index contributed by atoms with van der Waals surface area (Å²) in [5.41, 5.74) is 2.87. The standard InChI is InChI=1S/C25H26ClN3O3/c1-15-9-16(2)14-29(13-15)25(31)19-8-7-17(3)21(11-19)27-24(30)22-12-23(32-28-22)18-5-4-6-20(26)10-18/h4-8,10-12,15-16H,9,13-14H2,1-3H3,(H,27,30). The number of aryl methyl sites for hydroxylation is 1. The van der Waals surface area contributed by atoms with Gasteiger partial charge >= 0.3 is 0 Å². The number of carbonyl (C=O) groups excluding carboxylic acids is 2. The Kier molecular flexibility index (Phi) is 6.33. The van der Waals surface area contributed by atoms with Crippen LogP contribution < -0.4 is 5.32 Å². The number of anilines is 1. The predicted molar refractivity (Wildman–Crippen MR) is 125 cm³/mol. The second-order valence-electron chi connectivity index (χ2n) is 8.73. The molecule has 1 aromatic heterocycles. The maximum absolute atomic E-state index is 13.1. The highest BCUT2D eigenvalue weighted by atomic mass is 35.5. The summed E-state index contributed by atoms with van der Waals surface area (Å²) in [7, 11) is 0. The fourth-order valence-electron chi connectivity index (χ4n) is 4.25. The van der Waals surface area contributed by atoms with Crippen LogP contribution in [0.25, 0.3) is 11.3 Å². The highest BCUT2D eigenvalue weighted by molar-refractivity contribution is 6.30. The largest absolute Gasteiger partial charge is 0.355 e. The zero-order chi connectivity index (χ0) is 22.8. The van der Waals surface area contributed by atoms with Crippen molar-refractivity contribution in [1.29, 1.82) is 0 Å². The molecule has 1 aliphatic rings. The molecule has 2 aromatic carbocycles. The minimum absolute atomic E-state index is 0.0106. The zero-order valence-electron chi connectivity index (χ0n) is 18.4. The average Bonchev–Trinajstić information content (AvgIpc) is 3.25. The van der Waals surface area contributed by atoms with Crippen molar-refractivity contribution in [2.24, 2.45) is 11.8 Å². The Morgan fingerprint density at radius 2 is 1.84 bits per heavy atom. The van der Waals surface area contributed by atoms with Gasteiger partial charge in [-0.1, -0.05) is 48.8 Å². The Labute approximate surface area is 192 Å². The molecule has 3 aromatic rings. The van der Waals surface area contributed by atoms with Gasteiger partial charge in [-0.25, -0.2) is 0 Å². The fourth-order valence-corrected chi connectivity index (χ4v) is 4.44. The summed E-state index contributed by atoms with van der Waals surface area (Å²) in [6.07, 6.45) is 1.13. The van der Waals surface area contributed by atoms with Gasteiger partial charge in [0.05, 0.1) is 0 Å². The Bertz CT molecular complexity index is 1150. The third-order valence-corrected chi connectivity index (χ3v) is 5.98. The first-order valence-electron chi connectivity index (χ1n) is 10.7. The summed E-state index contributed by atoms with van der Waals surface area (Å²) in [5.74, 6) is 0.992. The highest BCUT2D eigenvalue weighted by Crippen LogP contribution is 2.26. The molecule has 2 heterocycles. The first-order chi connectivity index (χ1) is 15.3. The number of nitrogens with one attached hydrogen (secondary N) is 1. The van der Waals surface area contributed by atoms with Gasteiger partial charge in [0.1, 0.15) is 0 Å². The van der Waals surface area contributed by atoms with E-state index >= 15 is 0 Å². The second-order valence-corrected chi connectivity index (χ2v) is 9.16. The number of rotatable bonds is 4. The van der Waals surface area contributed by atoms with Crippen LogP contribution in [-0.4, -0.2) is 35.0 Å². The molecular weight excluding hydrogens is 426 g/mol. The van der Waals surface area contributed by atoms with Gasteiger partial charge in [-0.15, -0.1) is 0 Å². The lowest BCUT2D eigenvalue weighted by molar-refractivity contribution is 0.0623. The smallest absolute Gasteiger partial charge is 0.277 e. The van der Waals surface area contributed by atoms with Crippen molar-refractivity contribution in [3.63, 3.8) is 0 Å². The van der Waals surface area contributed by atoms with Gasteiger partial charge in [0.15, 0.2) is 11.5 Å². The number of hydrogen-bond donors (Lipinski definition) is 1. The van der Waals surface area contributed by atoms with Gasteiger partial charge in [-0.2, -0.15) is 0 Å².